The van der Waals surface area contributed by atoms with Crippen LogP contribution in [0.4, 0.5) is 4.39 Å². The fraction of sp³-hybridized carbons (Fsp3) is 0.833. The number of carbonyl (C=O) groups is 1. The molecule has 0 aromatic rings. The van der Waals surface area contributed by atoms with Gasteiger partial charge >= 0.3 is 0 Å². The first-order valence-electron chi connectivity index (χ1n) is 3.40. The van der Waals surface area contributed by atoms with Crippen molar-refractivity contribution in [2.24, 2.45) is 5.73 Å². The highest BCUT2D eigenvalue weighted by atomic mass is 35.5. The van der Waals surface area contributed by atoms with Crippen molar-refractivity contribution in [3.63, 3.8) is 0 Å². The van der Waals surface area contributed by atoms with Crippen molar-refractivity contribution in [1.82, 2.24) is 4.90 Å². The summed E-state index contributed by atoms with van der Waals surface area (Å²) in [7, 11) is 0. The van der Waals surface area contributed by atoms with Crippen molar-refractivity contribution in [3.05, 3.63) is 0 Å². The van der Waals surface area contributed by atoms with Crippen LogP contribution in [0.3, 0.4) is 0 Å². The minimum Gasteiger partial charge on any atom is -0.323 e. The number of halogens is 2. The van der Waals surface area contributed by atoms with Gasteiger partial charge in [-0.25, -0.2) is 4.39 Å². The zero-order valence-corrected chi connectivity index (χ0v) is 6.72. The molecule has 5 heteroatoms. The zero-order valence-electron chi connectivity index (χ0n) is 5.96. The maximum atomic E-state index is 12.6. The average molecular weight is 181 g/mol. The van der Waals surface area contributed by atoms with E-state index in [1.165, 1.54) is 4.90 Å². The molecule has 1 rings (SSSR count). The number of nitrogens with two attached hydrogens (primary N) is 1. The van der Waals surface area contributed by atoms with Gasteiger partial charge in [0, 0.05) is 6.42 Å². The monoisotopic (exact) mass is 180 g/mol. The Bertz CT molecular complexity index is 167. The first-order valence-corrected chi connectivity index (χ1v) is 3.93. The maximum Gasteiger partial charge on any atom is 0.238 e. The molecule has 1 aliphatic rings. The number of alkyl halides is 2. The molecule has 1 aliphatic heterocycles. The van der Waals surface area contributed by atoms with E-state index < -0.39 is 12.3 Å². The summed E-state index contributed by atoms with van der Waals surface area (Å²) in [6, 6.07) is 0. The van der Waals surface area contributed by atoms with Gasteiger partial charge in [-0.15, -0.1) is 11.6 Å². The molecule has 1 saturated heterocycles. The maximum absolute atomic E-state index is 12.6. The van der Waals surface area contributed by atoms with Crippen LogP contribution in [-0.4, -0.2) is 35.6 Å². The lowest BCUT2D eigenvalue weighted by Gasteiger charge is -2.18. The standard InChI is InChI=1S/C6H10ClFN2O/c7-2-6(11)10-3-4(8)1-5(10)9/h4-5H,1-3,9H2/t4-,5?/m0/s1. The second-order valence-corrected chi connectivity index (χ2v) is 2.85. The van der Waals surface area contributed by atoms with Crippen LogP contribution in [0.2, 0.25) is 0 Å². The summed E-state index contributed by atoms with van der Waals surface area (Å²) in [5, 5.41) is 0. The second kappa shape index (κ2) is 3.36. The number of amides is 1. The highest BCUT2D eigenvalue weighted by Gasteiger charge is 2.31. The SMILES string of the molecule is NC1C[C@H](F)CN1C(=O)CCl. The van der Waals surface area contributed by atoms with Gasteiger partial charge in [-0.2, -0.15) is 0 Å². The third-order valence-corrected chi connectivity index (χ3v) is 1.96. The molecule has 0 saturated carbocycles. The van der Waals surface area contributed by atoms with E-state index in [0.29, 0.717) is 0 Å². The van der Waals surface area contributed by atoms with Gasteiger partial charge in [0.1, 0.15) is 12.1 Å². The quantitative estimate of drug-likeness (QED) is 0.581. The van der Waals surface area contributed by atoms with Gasteiger partial charge < -0.3 is 10.6 Å². The lowest BCUT2D eigenvalue weighted by molar-refractivity contribution is -0.129. The summed E-state index contributed by atoms with van der Waals surface area (Å²) in [6.45, 7) is 0.0900. The van der Waals surface area contributed by atoms with Crippen molar-refractivity contribution in [3.8, 4) is 0 Å². The summed E-state index contributed by atoms with van der Waals surface area (Å²) in [5.74, 6) is -0.417. The predicted octanol–water partition coefficient (Wildman–Crippen LogP) is 0.0804. The highest BCUT2D eigenvalue weighted by Crippen LogP contribution is 2.16. The largest absolute Gasteiger partial charge is 0.323 e. The van der Waals surface area contributed by atoms with Gasteiger partial charge in [-0.05, 0) is 0 Å². The van der Waals surface area contributed by atoms with Crippen molar-refractivity contribution in [2.75, 3.05) is 12.4 Å². The first kappa shape index (κ1) is 8.74. The number of hydrogen-bond acceptors (Lipinski definition) is 2. The van der Waals surface area contributed by atoms with Crippen molar-refractivity contribution in [1.29, 1.82) is 0 Å². The molecule has 3 nitrogen and oxygen atoms in total. The Morgan fingerprint density at radius 3 is 2.82 bits per heavy atom. The molecule has 2 N–H and O–H groups in total. The summed E-state index contributed by atoms with van der Waals surface area (Å²) < 4.78 is 12.6. The van der Waals surface area contributed by atoms with Gasteiger partial charge in [0.05, 0.1) is 12.7 Å². The van der Waals surface area contributed by atoms with Crippen molar-refractivity contribution in [2.45, 2.75) is 18.8 Å². The third kappa shape index (κ3) is 1.81. The average Bonchev–Trinajstić information content (AvgIpc) is 2.28. The predicted molar refractivity (Wildman–Crippen MR) is 39.9 cm³/mol. The van der Waals surface area contributed by atoms with E-state index in [2.05, 4.69) is 0 Å². The molecular formula is C6H10ClFN2O. The third-order valence-electron chi connectivity index (χ3n) is 1.73. The van der Waals surface area contributed by atoms with Crippen LogP contribution in [0.5, 0.6) is 0 Å². The second-order valence-electron chi connectivity index (χ2n) is 2.58. The number of likely N-dealkylation sites (tertiary alicyclic amines) is 1. The lowest BCUT2D eigenvalue weighted by Crippen LogP contribution is -2.41. The summed E-state index contributed by atoms with van der Waals surface area (Å²) >= 11 is 5.28. The summed E-state index contributed by atoms with van der Waals surface area (Å²) in [5.41, 5.74) is 5.45. The van der Waals surface area contributed by atoms with E-state index in [-0.39, 0.29) is 24.8 Å². The van der Waals surface area contributed by atoms with Crippen LogP contribution in [-0.2, 0) is 4.79 Å². The molecule has 0 radical (unpaired) electrons. The Hall–Kier alpha value is -0.350. The Labute approximate surface area is 69.3 Å². The number of rotatable bonds is 1. The van der Waals surface area contributed by atoms with Gasteiger partial charge in [0.25, 0.3) is 0 Å². The molecule has 0 aromatic heterocycles. The fourth-order valence-electron chi connectivity index (χ4n) is 1.18. The Balaban J connectivity index is 2.52. The Morgan fingerprint density at radius 2 is 2.45 bits per heavy atom. The fourth-order valence-corrected chi connectivity index (χ4v) is 1.33. The molecule has 1 amide bonds. The van der Waals surface area contributed by atoms with Crippen molar-refractivity contribution >= 4 is 17.5 Å². The van der Waals surface area contributed by atoms with E-state index in [0.717, 1.165) is 0 Å². The molecular weight excluding hydrogens is 171 g/mol. The lowest BCUT2D eigenvalue weighted by atomic mass is 10.3. The van der Waals surface area contributed by atoms with Gasteiger partial charge in [0.15, 0.2) is 0 Å². The molecule has 1 unspecified atom stereocenters. The molecule has 1 heterocycles. The van der Waals surface area contributed by atoms with Crippen LogP contribution >= 0.6 is 11.6 Å². The van der Waals surface area contributed by atoms with Gasteiger partial charge in [-0.1, -0.05) is 0 Å². The molecule has 0 aromatic carbocycles. The van der Waals surface area contributed by atoms with Gasteiger partial charge in [0.2, 0.25) is 5.91 Å². The van der Waals surface area contributed by atoms with E-state index in [1.54, 1.807) is 0 Å². The van der Waals surface area contributed by atoms with Crippen LogP contribution in [0.1, 0.15) is 6.42 Å². The first-order chi connectivity index (χ1) is 5.15. The number of nitrogens with zero attached hydrogens (tertiary/aromatic N) is 1. The smallest absolute Gasteiger partial charge is 0.238 e. The minimum atomic E-state index is -0.989. The van der Waals surface area contributed by atoms with Gasteiger partial charge in [-0.3, -0.25) is 4.79 Å². The topological polar surface area (TPSA) is 46.3 Å². The summed E-state index contributed by atoms with van der Waals surface area (Å²) in [6.07, 6.45) is -1.25. The normalized spacial score (nSPS) is 31.0. The van der Waals surface area contributed by atoms with E-state index in [4.69, 9.17) is 17.3 Å². The Morgan fingerprint density at radius 1 is 1.82 bits per heavy atom. The Kier molecular flexibility index (Phi) is 2.67. The molecule has 2 atom stereocenters. The summed E-state index contributed by atoms with van der Waals surface area (Å²) in [4.78, 5) is 12.2. The number of carbonyl (C=O) groups excluding carboxylic acids is 1. The molecule has 0 bridgehead atoms. The van der Waals surface area contributed by atoms with Crippen LogP contribution < -0.4 is 5.73 Å². The van der Waals surface area contributed by atoms with E-state index in [9.17, 15) is 9.18 Å². The number of hydrogen-bond donors (Lipinski definition) is 1. The molecule has 0 aliphatic carbocycles. The highest BCUT2D eigenvalue weighted by molar-refractivity contribution is 6.27. The van der Waals surface area contributed by atoms with E-state index >= 15 is 0 Å². The van der Waals surface area contributed by atoms with Crippen LogP contribution in [0.25, 0.3) is 0 Å². The van der Waals surface area contributed by atoms with E-state index in [1.807, 2.05) is 0 Å². The minimum absolute atomic E-state index is 0.0900. The zero-order chi connectivity index (χ0) is 8.43. The molecule has 11 heavy (non-hydrogen) atoms. The molecule has 64 valence electrons. The van der Waals surface area contributed by atoms with Crippen molar-refractivity contribution < 1.29 is 9.18 Å². The van der Waals surface area contributed by atoms with Crippen LogP contribution in [0, 0.1) is 0 Å². The molecule has 0 spiro atoms. The molecule has 1 fully saturated rings. The van der Waals surface area contributed by atoms with Crippen LogP contribution in [0.15, 0.2) is 0 Å².